The zero-order chi connectivity index (χ0) is 54.9. The molecule has 29 nitrogen and oxygen atoms in total. The third-order valence-electron chi connectivity index (χ3n) is 10.4. The van der Waals surface area contributed by atoms with Crippen LogP contribution in [0.3, 0.4) is 0 Å². The molecular formula is C40H28ClN11O18S5. The number of azo groups is 1. The van der Waals surface area contributed by atoms with Crippen molar-refractivity contribution in [1.29, 1.82) is 5.41 Å². The van der Waals surface area contributed by atoms with Gasteiger partial charge < -0.3 is 26.5 Å². The number of aliphatic hydroxyl groups is 1. The summed E-state index contributed by atoms with van der Waals surface area (Å²) in [5.41, 5.74) is 0.699. The summed E-state index contributed by atoms with van der Waals surface area (Å²) in [6, 6.07) is 13.7. The Labute approximate surface area is 424 Å². The van der Waals surface area contributed by atoms with Crippen LogP contribution in [0.4, 0.5) is 45.5 Å². The number of aromatic amines is 2. The van der Waals surface area contributed by atoms with Crippen molar-refractivity contribution in [2.75, 3.05) is 16.4 Å². The van der Waals surface area contributed by atoms with Gasteiger partial charge >= 0.3 is 0 Å². The third kappa shape index (κ3) is 11.0. The van der Waals surface area contributed by atoms with E-state index in [2.05, 4.69) is 45.8 Å². The molecule has 0 unspecified atom stereocenters. The SMILES string of the molecule is N=C(O)Nc1cc(N=c2nc(Cl)[nH]c(=Nc3cc(Nc4cc(S(=O)(=O)O)c(N)c5c4C(=O)c4ccccc4C5=O)ccc3S(=O)(=O)O)[nH]2)ccc1N=Nc1cc2c(S(=O)(=O)O)cc(S(=O)(=O)O)cc2cc1S(=O)(=O)O. The Morgan fingerprint density at radius 1 is 0.613 bits per heavy atom. The van der Waals surface area contributed by atoms with E-state index < -0.39 is 148 Å². The minimum Gasteiger partial charge on any atom is -0.481 e. The van der Waals surface area contributed by atoms with Gasteiger partial charge in [0.25, 0.3) is 56.6 Å². The number of amidine groups is 1. The average molecular weight is 1150 g/mol. The number of aliphatic hydroxyl groups excluding tert-OH is 1. The molecule has 0 radical (unpaired) electrons. The van der Waals surface area contributed by atoms with Crippen molar-refractivity contribution in [1.82, 2.24) is 15.0 Å². The van der Waals surface area contributed by atoms with Crippen LogP contribution in [-0.2, 0) is 50.6 Å². The topological polar surface area (TPSA) is 494 Å². The van der Waals surface area contributed by atoms with E-state index in [1.807, 2.05) is 0 Å². The van der Waals surface area contributed by atoms with Crippen LogP contribution in [0.15, 0.2) is 136 Å². The Morgan fingerprint density at radius 3 is 1.83 bits per heavy atom. The van der Waals surface area contributed by atoms with Crippen molar-refractivity contribution in [3.63, 3.8) is 0 Å². The molecule has 0 bridgehead atoms. The van der Waals surface area contributed by atoms with Crippen LogP contribution in [0.5, 0.6) is 0 Å². The summed E-state index contributed by atoms with van der Waals surface area (Å²) in [7, 11) is -26.0. The molecule has 0 saturated carbocycles. The Hall–Kier alpha value is -8.16. The number of hydrogen-bond donors (Lipinski definition) is 12. The number of carbonyl (C=O) groups excluding carboxylic acids is 2. The zero-order valence-electron chi connectivity index (χ0n) is 36.5. The predicted octanol–water partition coefficient (Wildman–Crippen LogP) is 4.66. The molecule has 75 heavy (non-hydrogen) atoms. The van der Waals surface area contributed by atoms with Crippen LogP contribution in [0, 0.1) is 5.41 Å². The highest BCUT2D eigenvalue weighted by Gasteiger charge is 2.37. The number of nitrogen functional groups attached to an aromatic ring is 1. The number of H-pyrrole nitrogens is 2. The van der Waals surface area contributed by atoms with Crippen LogP contribution in [-0.4, -0.2) is 102 Å². The first kappa shape index (κ1) is 53.1. The Kier molecular flexibility index (Phi) is 13.4. The smallest absolute Gasteiger partial charge is 0.296 e. The van der Waals surface area contributed by atoms with Gasteiger partial charge in [0.1, 0.15) is 31.0 Å². The maximum atomic E-state index is 13.8. The minimum atomic E-state index is -5.29. The second-order valence-corrected chi connectivity index (χ2v) is 22.7. The first-order valence-electron chi connectivity index (χ1n) is 19.9. The lowest BCUT2D eigenvalue weighted by Gasteiger charge is -2.23. The van der Waals surface area contributed by atoms with E-state index in [9.17, 15) is 79.5 Å². The molecule has 388 valence electrons. The van der Waals surface area contributed by atoms with Gasteiger partial charge in [-0.3, -0.25) is 42.7 Å². The lowest BCUT2D eigenvalue weighted by molar-refractivity contribution is 0.0980. The number of ketones is 2. The van der Waals surface area contributed by atoms with Crippen LogP contribution in [0.25, 0.3) is 10.8 Å². The van der Waals surface area contributed by atoms with Gasteiger partial charge in [0.15, 0.2) is 11.6 Å². The first-order chi connectivity index (χ1) is 34.8. The quantitative estimate of drug-likeness (QED) is 0.0260. The van der Waals surface area contributed by atoms with E-state index in [0.29, 0.717) is 24.3 Å². The van der Waals surface area contributed by atoms with Gasteiger partial charge in [-0.05, 0) is 83.7 Å². The fourth-order valence-electron chi connectivity index (χ4n) is 7.38. The number of rotatable bonds is 12. The largest absolute Gasteiger partial charge is 0.481 e. The second kappa shape index (κ2) is 19.0. The fourth-order valence-corrected chi connectivity index (χ4v) is 10.8. The number of nitrogens with one attached hydrogen (secondary N) is 5. The Morgan fingerprint density at radius 2 is 1.23 bits per heavy atom. The van der Waals surface area contributed by atoms with Gasteiger partial charge in [0.05, 0.1) is 44.5 Å². The van der Waals surface area contributed by atoms with Crippen LogP contribution in [0.2, 0.25) is 5.28 Å². The van der Waals surface area contributed by atoms with Crippen LogP contribution < -0.4 is 27.6 Å². The van der Waals surface area contributed by atoms with Crippen molar-refractivity contribution < 1.29 is 79.5 Å². The molecule has 0 saturated heterocycles. The predicted molar refractivity (Wildman–Crippen MR) is 260 cm³/mol. The summed E-state index contributed by atoms with van der Waals surface area (Å²) in [5.74, 6) is -1.64. The third-order valence-corrected chi connectivity index (χ3v) is 15.0. The molecule has 0 amide bonds. The molecule has 6 aromatic carbocycles. The standard InChI is InChI=1S/C40H28ClN11O18S5/c41-37-48-39(45-18-5-7-23(24(11-18)46-38(43)55)51-52-26-14-22-16(10-30(26)74(65,66)67)9-19(71(56,57)58)13-29(22)73(62,63)64)50-40(49-37)47-25-12-17(6-8-28(25)72(59,60)61)44-27-15-31(75(68,69)70)34(42)33-32(27)35(53)20-3-1-2-4-21(20)36(33)54/h1-15,44H,42H2,(H3,43,46,55)(H,56,57,58)(H,59,60,61)(H,62,63,64)(H,65,66,67)(H,68,69,70)(H2,45,47,48,49,50). The maximum Gasteiger partial charge on any atom is 0.296 e. The molecule has 1 aliphatic rings. The highest BCUT2D eigenvalue weighted by Crippen LogP contribution is 2.42. The first-order valence-corrected chi connectivity index (χ1v) is 27.5. The molecular weight excluding hydrogens is 1120 g/mol. The van der Waals surface area contributed by atoms with Crippen molar-refractivity contribution in [3.05, 3.63) is 130 Å². The molecule has 1 aliphatic carbocycles. The molecule has 7 aromatic rings. The van der Waals surface area contributed by atoms with E-state index in [0.717, 1.165) is 36.4 Å². The maximum absolute atomic E-state index is 13.8. The van der Waals surface area contributed by atoms with Crippen molar-refractivity contribution >= 4 is 136 Å². The molecule has 35 heteroatoms. The number of anilines is 4. The molecule has 13 N–H and O–H groups in total. The number of fused-ring (bicyclic) bond motifs is 3. The fraction of sp³-hybridized carbons (Fsp3) is 0. The number of carbonyl (C=O) groups is 2. The number of nitrogens with zero attached hydrogens (tertiary/aromatic N) is 5. The van der Waals surface area contributed by atoms with E-state index >= 15 is 0 Å². The number of benzene rings is 6. The summed E-state index contributed by atoms with van der Waals surface area (Å²) >= 11 is 6.24. The van der Waals surface area contributed by atoms with Gasteiger partial charge in [-0.15, -0.1) is 10.2 Å². The van der Waals surface area contributed by atoms with Crippen molar-refractivity contribution in [2.45, 2.75) is 24.5 Å². The Balaban J connectivity index is 1.21. The van der Waals surface area contributed by atoms with Crippen molar-refractivity contribution in [2.24, 2.45) is 20.2 Å². The molecule has 0 fully saturated rings. The summed E-state index contributed by atoms with van der Waals surface area (Å²) in [4.78, 5) is 39.9. The number of nitrogens with two attached hydrogens (primary N) is 1. The van der Waals surface area contributed by atoms with Crippen LogP contribution >= 0.6 is 11.6 Å². The lowest BCUT2D eigenvalue weighted by atomic mass is 9.82. The molecule has 1 heterocycles. The summed E-state index contributed by atoms with van der Waals surface area (Å²) in [6.07, 6.45) is 0. The summed E-state index contributed by atoms with van der Waals surface area (Å²) in [6.45, 7) is 0. The molecule has 0 aliphatic heterocycles. The van der Waals surface area contributed by atoms with Gasteiger partial charge in [-0.1, -0.05) is 24.3 Å². The molecule has 0 spiro atoms. The Bertz CT molecular complexity index is 4510. The van der Waals surface area contributed by atoms with E-state index in [1.165, 1.54) is 30.3 Å². The zero-order valence-corrected chi connectivity index (χ0v) is 41.3. The van der Waals surface area contributed by atoms with Gasteiger partial charge in [-0.25, -0.2) is 9.98 Å². The van der Waals surface area contributed by atoms with Crippen molar-refractivity contribution in [3.8, 4) is 0 Å². The summed E-state index contributed by atoms with van der Waals surface area (Å²) in [5, 5.41) is 28.5. The number of hydrogen-bond acceptors (Lipinski definition) is 20. The normalized spacial score (nSPS) is 13.8. The van der Waals surface area contributed by atoms with E-state index in [1.54, 1.807) is 0 Å². The molecule has 0 atom stereocenters. The average Bonchev–Trinajstić information content (AvgIpc) is 3.28. The lowest BCUT2D eigenvalue weighted by Crippen LogP contribution is -2.26. The van der Waals surface area contributed by atoms with Gasteiger partial charge in [0.2, 0.25) is 16.5 Å². The summed E-state index contributed by atoms with van der Waals surface area (Å²) < 4.78 is 173. The number of aromatic nitrogens is 3. The highest BCUT2D eigenvalue weighted by molar-refractivity contribution is 7.87. The highest BCUT2D eigenvalue weighted by atomic mass is 35.5. The van der Waals surface area contributed by atoms with E-state index in [-0.39, 0.29) is 39.6 Å². The molecule has 8 rings (SSSR count). The molecule has 1 aromatic heterocycles. The monoisotopic (exact) mass is 1140 g/mol. The second-order valence-electron chi connectivity index (χ2n) is 15.4. The van der Waals surface area contributed by atoms with Gasteiger partial charge in [-0.2, -0.15) is 47.1 Å². The van der Waals surface area contributed by atoms with Gasteiger partial charge in [0, 0.05) is 22.2 Å². The minimum absolute atomic E-state index is 0.0716. The van der Waals surface area contributed by atoms with E-state index in [4.69, 9.17) is 22.7 Å². The van der Waals surface area contributed by atoms with Crippen LogP contribution in [0.1, 0.15) is 31.8 Å². The number of halogens is 1.